The van der Waals surface area contributed by atoms with Crippen LogP contribution in [-0.2, 0) is 11.3 Å². The zero-order valence-electron chi connectivity index (χ0n) is 11.4. The smallest absolute Gasteiger partial charge is 0.317 e. The fraction of sp³-hybridized carbons (Fsp3) is 0.333. The van der Waals surface area contributed by atoms with Crippen LogP contribution in [0.15, 0.2) is 29.6 Å². The molecule has 5 nitrogen and oxygen atoms in total. The van der Waals surface area contributed by atoms with E-state index in [1.165, 1.54) is 4.70 Å². The van der Waals surface area contributed by atoms with E-state index >= 15 is 0 Å². The number of carboxylic acid groups (broad SMARTS) is 1. The summed E-state index contributed by atoms with van der Waals surface area (Å²) < 4.78 is 1.20. The number of hydrogen-bond donors (Lipinski definition) is 2. The van der Waals surface area contributed by atoms with Gasteiger partial charge in [-0.3, -0.25) is 4.79 Å². The molecule has 1 atom stereocenters. The van der Waals surface area contributed by atoms with Gasteiger partial charge >= 0.3 is 12.0 Å². The monoisotopic (exact) mass is 304 g/mol. The summed E-state index contributed by atoms with van der Waals surface area (Å²) in [4.78, 5) is 24.6. The highest BCUT2D eigenvalue weighted by Crippen LogP contribution is 2.25. The lowest BCUT2D eigenvalue weighted by atomic mass is 10.1. The standard InChI is InChI=1S/C15H16N2O3S/c18-14(19)10-5-6-17(8-10)15(20)16-7-11-9-21-13-4-2-1-3-12(11)13/h1-4,9-10H,5-8H2,(H,16,20)(H,18,19). The number of urea groups is 1. The Balaban J connectivity index is 1.60. The van der Waals surface area contributed by atoms with E-state index in [0.29, 0.717) is 26.1 Å². The van der Waals surface area contributed by atoms with Gasteiger partial charge in [-0.05, 0) is 28.8 Å². The molecule has 2 heterocycles. The number of fused-ring (bicyclic) bond motifs is 1. The van der Waals surface area contributed by atoms with E-state index in [9.17, 15) is 9.59 Å². The first-order chi connectivity index (χ1) is 10.1. The van der Waals surface area contributed by atoms with Gasteiger partial charge in [-0.15, -0.1) is 11.3 Å². The van der Waals surface area contributed by atoms with E-state index in [0.717, 1.165) is 10.9 Å². The number of aliphatic carboxylic acids is 1. The maximum atomic E-state index is 12.1. The Labute approximate surface area is 126 Å². The lowest BCUT2D eigenvalue weighted by molar-refractivity contribution is -0.141. The Bertz CT molecular complexity index is 682. The van der Waals surface area contributed by atoms with Gasteiger partial charge in [0.05, 0.1) is 5.92 Å². The molecule has 1 saturated heterocycles. The Kier molecular flexibility index (Phi) is 3.79. The number of carbonyl (C=O) groups excluding carboxylic acids is 1. The topological polar surface area (TPSA) is 69.6 Å². The molecule has 1 aromatic carbocycles. The normalized spacial score (nSPS) is 18.1. The van der Waals surface area contributed by atoms with Crippen LogP contribution in [0, 0.1) is 5.92 Å². The molecular weight excluding hydrogens is 288 g/mol. The molecule has 3 rings (SSSR count). The van der Waals surface area contributed by atoms with Crippen LogP contribution in [0.5, 0.6) is 0 Å². The number of carboxylic acids is 1. The van der Waals surface area contributed by atoms with Gasteiger partial charge in [-0.25, -0.2) is 4.79 Å². The van der Waals surface area contributed by atoms with Crippen LogP contribution in [0.25, 0.3) is 10.1 Å². The molecule has 0 saturated carbocycles. The van der Waals surface area contributed by atoms with Crippen molar-refractivity contribution in [3.05, 3.63) is 35.2 Å². The molecule has 0 radical (unpaired) electrons. The molecular formula is C15H16N2O3S. The summed E-state index contributed by atoms with van der Waals surface area (Å²) >= 11 is 1.66. The molecule has 2 aromatic rings. The van der Waals surface area contributed by atoms with Crippen LogP contribution in [0.4, 0.5) is 4.79 Å². The Hall–Kier alpha value is -2.08. The fourth-order valence-corrected chi connectivity index (χ4v) is 3.56. The van der Waals surface area contributed by atoms with Crippen molar-refractivity contribution < 1.29 is 14.7 Å². The molecule has 1 aliphatic rings. The summed E-state index contributed by atoms with van der Waals surface area (Å²) in [6.45, 7) is 1.27. The van der Waals surface area contributed by atoms with E-state index in [1.54, 1.807) is 16.2 Å². The fourth-order valence-electron chi connectivity index (χ4n) is 2.60. The van der Waals surface area contributed by atoms with Crippen molar-refractivity contribution in [1.82, 2.24) is 10.2 Å². The van der Waals surface area contributed by atoms with Gasteiger partial charge in [0.1, 0.15) is 0 Å². The SMILES string of the molecule is O=C(O)C1CCN(C(=O)NCc2csc3ccccc23)C1. The summed E-state index contributed by atoms with van der Waals surface area (Å²) in [6, 6.07) is 7.90. The van der Waals surface area contributed by atoms with Gasteiger partial charge in [0.25, 0.3) is 0 Å². The molecule has 110 valence electrons. The highest BCUT2D eigenvalue weighted by atomic mass is 32.1. The number of thiophene rings is 1. The average Bonchev–Trinajstić information content (AvgIpc) is 3.12. The van der Waals surface area contributed by atoms with Crippen molar-refractivity contribution in [2.75, 3.05) is 13.1 Å². The zero-order valence-corrected chi connectivity index (χ0v) is 12.2. The molecule has 1 fully saturated rings. The third-order valence-electron chi connectivity index (χ3n) is 3.82. The second-order valence-electron chi connectivity index (χ2n) is 5.19. The maximum absolute atomic E-state index is 12.1. The summed E-state index contributed by atoms with van der Waals surface area (Å²) in [5, 5.41) is 15.0. The molecule has 0 spiro atoms. The van der Waals surface area contributed by atoms with E-state index < -0.39 is 11.9 Å². The molecule has 1 aromatic heterocycles. The predicted molar refractivity (Wildman–Crippen MR) is 81.4 cm³/mol. The Morgan fingerprint density at radius 1 is 1.38 bits per heavy atom. The first kappa shape index (κ1) is 13.9. The second-order valence-corrected chi connectivity index (χ2v) is 6.10. The highest BCUT2D eigenvalue weighted by Gasteiger charge is 2.30. The average molecular weight is 304 g/mol. The quantitative estimate of drug-likeness (QED) is 0.915. The van der Waals surface area contributed by atoms with Gasteiger partial charge in [-0.1, -0.05) is 18.2 Å². The minimum atomic E-state index is -0.825. The molecule has 2 N–H and O–H groups in total. The summed E-state index contributed by atoms with van der Waals surface area (Å²) in [5.74, 6) is -1.26. The van der Waals surface area contributed by atoms with Gasteiger partial charge in [0, 0.05) is 24.3 Å². The first-order valence-electron chi connectivity index (χ1n) is 6.86. The Morgan fingerprint density at radius 3 is 2.95 bits per heavy atom. The van der Waals surface area contributed by atoms with Crippen molar-refractivity contribution in [2.45, 2.75) is 13.0 Å². The van der Waals surface area contributed by atoms with Crippen molar-refractivity contribution in [1.29, 1.82) is 0 Å². The number of likely N-dealkylation sites (tertiary alicyclic amines) is 1. The lowest BCUT2D eigenvalue weighted by Gasteiger charge is -2.16. The molecule has 0 bridgehead atoms. The van der Waals surface area contributed by atoms with E-state index in [1.807, 2.05) is 18.2 Å². The van der Waals surface area contributed by atoms with Crippen LogP contribution in [0.3, 0.4) is 0 Å². The van der Waals surface area contributed by atoms with Crippen molar-refractivity contribution in [3.63, 3.8) is 0 Å². The van der Waals surface area contributed by atoms with Crippen LogP contribution >= 0.6 is 11.3 Å². The summed E-state index contributed by atoms with van der Waals surface area (Å²) in [7, 11) is 0. The van der Waals surface area contributed by atoms with E-state index in [-0.39, 0.29) is 6.03 Å². The van der Waals surface area contributed by atoms with Gasteiger partial charge < -0.3 is 15.3 Å². The minimum Gasteiger partial charge on any atom is -0.481 e. The van der Waals surface area contributed by atoms with E-state index in [4.69, 9.17) is 5.11 Å². The lowest BCUT2D eigenvalue weighted by Crippen LogP contribution is -2.38. The molecule has 0 aliphatic carbocycles. The molecule has 1 aliphatic heterocycles. The molecule has 2 amide bonds. The van der Waals surface area contributed by atoms with E-state index in [2.05, 4.69) is 16.8 Å². The molecule has 21 heavy (non-hydrogen) atoms. The number of benzene rings is 1. The third kappa shape index (κ3) is 2.85. The first-order valence-corrected chi connectivity index (χ1v) is 7.74. The van der Waals surface area contributed by atoms with Crippen LogP contribution in [-0.4, -0.2) is 35.1 Å². The number of nitrogens with one attached hydrogen (secondary N) is 1. The van der Waals surface area contributed by atoms with Crippen molar-refractivity contribution in [2.24, 2.45) is 5.92 Å². The van der Waals surface area contributed by atoms with Crippen LogP contribution in [0.2, 0.25) is 0 Å². The minimum absolute atomic E-state index is 0.186. The maximum Gasteiger partial charge on any atom is 0.317 e. The number of rotatable bonds is 3. The molecule has 6 heteroatoms. The number of hydrogen-bond acceptors (Lipinski definition) is 3. The summed E-state index contributed by atoms with van der Waals surface area (Å²) in [6.07, 6.45) is 0.532. The number of nitrogens with zero attached hydrogens (tertiary/aromatic N) is 1. The summed E-state index contributed by atoms with van der Waals surface area (Å²) in [5.41, 5.74) is 1.10. The van der Waals surface area contributed by atoms with Gasteiger partial charge in [0.2, 0.25) is 0 Å². The number of amides is 2. The zero-order chi connectivity index (χ0) is 14.8. The van der Waals surface area contributed by atoms with Crippen LogP contribution in [0.1, 0.15) is 12.0 Å². The third-order valence-corrected chi connectivity index (χ3v) is 4.83. The van der Waals surface area contributed by atoms with Crippen molar-refractivity contribution >= 4 is 33.4 Å². The largest absolute Gasteiger partial charge is 0.481 e. The molecule has 1 unspecified atom stereocenters. The Morgan fingerprint density at radius 2 is 2.19 bits per heavy atom. The van der Waals surface area contributed by atoms with Gasteiger partial charge in [-0.2, -0.15) is 0 Å². The predicted octanol–water partition coefficient (Wildman–Crippen LogP) is 2.52. The highest BCUT2D eigenvalue weighted by molar-refractivity contribution is 7.17. The van der Waals surface area contributed by atoms with Crippen LogP contribution < -0.4 is 5.32 Å². The van der Waals surface area contributed by atoms with Gasteiger partial charge in [0.15, 0.2) is 0 Å². The number of carbonyl (C=O) groups is 2. The second kappa shape index (κ2) is 5.73. The van der Waals surface area contributed by atoms with Crippen molar-refractivity contribution in [3.8, 4) is 0 Å².